The molecule has 2 amide bonds. The van der Waals surface area contributed by atoms with Crippen LogP contribution in [0.1, 0.15) is 5.56 Å². The second kappa shape index (κ2) is 7.82. The lowest BCUT2D eigenvalue weighted by molar-refractivity contribution is -0.145. The number of fused-ring (bicyclic) bond motifs is 1. The van der Waals surface area contributed by atoms with E-state index in [2.05, 4.69) is 19.9 Å². The largest absolute Gasteiger partial charge is 0.348 e. The zero-order valence-corrected chi connectivity index (χ0v) is 15.9. The highest BCUT2D eigenvalue weighted by atomic mass is 19.1. The number of nitrogens with zero attached hydrogens (tertiary/aromatic N) is 6. The molecule has 0 bridgehead atoms. The topological polar surface area (TPSA) is 98.3 Å². The Kier molecular flexibility index (Phi) is 5.07. The van der Waals surface area contributed by atoms with Gasteiger partial charge in [0.05, 0.1) is 19.4 Å². The molecule has 0 atom stereocenters. The zero-order valence-electron chi connectivity index (χ0n) is 15.9. The fourth-order valence-corrected chi connectivity index (χ4v) is 3.36. The van der Waals surface area contributed by atoms with Gasteiger partial charge in [-0.25, -0.2) is 19.3 Å². The molecule has 4 rings (SSSR count). The molecule has 0 saturated carbocycles. The maximum Gasteiger partial charge on any atom is 0.242 e. The second-order valence-electron chi connectivity index (χ2n) is 6.91. The minimum atomic E-state index is -0.331. The number of carbonyl (C=O) groups is 2. The summed E-state index contributed by atoms with van der Waals surface area (Å²) >= 11 is 0. The molecule has 1 aliphatic heterocycles. The van der Waals surface area contributed by atoms with Crippen LogP contribution in [0, 0.1) is 5.82 Å². The van der Waals surface area contributed by atoms with Crippen LogP contribution in [0.25, 0.3) is 11.2 Å². The van der Waals surface area contributed by atoms with E-state index in [9.17, 15) is 14.0 Å². The Hall–Kier alpha value is -3.56. The summed E-state index contributed by atoms with van der Waals surface area (Å²) in [7, 11) is 1.75. The van der Waals surface area contributed by atoms with E-state index in [4.69, 9.17) is 0 Å². The summed E-state index contributed by atoms with van der Waals surface area (Å²) in [4.78, 5) is 45.4. The molecule has 29 heavy (non-hydrogen) atoms. The third-order valence-corrected chi connectivity index (χ3v) is 4.87. The first kappa shape index (κ1) is 18.8. The maximum absolute atomic E-state index is 13.3. The van der Waals surface area contributed by atoms with Gasteiger partial charge in [0, 0.05) is 26.7 Å². The van der Waals surface area contributed by atoms with Crippen molar-refractivity contribution in [2.45, 2.75) is 6.54 Å². The van der Waals surface area contributed by atoms with Crippen LogP contribution in [-0.4, -0.2) is 74.8 Å². The minimum absolute atomic E-state index is 0.00519. The molecule has 0 unspecified atom stereocenters. The van der Waals surface area contributed by atoms with Gasteiger partial charge in [-0.2, -0.15) is 0 Å². The number of piperazine rings is 1. The molecule has 0 radical (unpaired) electrons. The summed E-state index contributed by atoms with van der Waals surface area (Å²) in [6.45, 7) is 1.24. The molecule has 0 aliphatic carbocycles. The normalized spacial score (nSPS) is 14.5. The van der Waals surface area contributed by atoms with Crippen molar-refractivity contribution < 1.29 is 14.0 Å². The molecular formula is C19H20FN7O2. The van der Waals surface area contributed by atoms with E-state index in [1.165, 1.54) is 29.7 Å². The maximum atomic E-state index is 13.3. The number of aromatic amines is 1. The van der Waals surface area contributed by atoms with Crippen LogP contribution < -0.4 is 4.90 Å². The summed E-state index contributed by atoms with van der Waals surface area (Å²) in [6.07, 6.45) is 2.92. The van der Waals surface area contributed by atoms with Crippen molar-refractivity contribution in [3.8, 4) is 0 Å². The predicted octanol–water partition coefficient (Wildman–Crippen LogP) is 0.799. The summed E-state index contributed by atoms with van der Waals surface area (Å²) < 4.78 is 13.3. The van der Waals surface area contributed by atoms with E-state index in [-0.39, 0.29) is 30.7 Å². The summed E-state index contributed by atoms with van der Waals surface area (Å²) in [5.74, 6) is -0.0909. The third-order valence-electron chi connectivity index (χ3n) is 4.87. The molecule has 2 aromatic heterocycles. The van der Waals surface area contributed by atoms with Crippen molar-refractivity contribution in [1.82, 2.24) is 29.7 Å². The highest BCUT2D eigenvalue weighted by Gasteiger charge is 2.28. The molecule has 9 nitrogen and oxygen atoms in total. The fraction of sp³-hybridized carbons (Fsp3) is 0.316. The monoisotopic (exact) mass is 397 g/mol. The van der Waals surface area contributed by atoms with Gasteiger partial charge in [-0.1, -0.05) is 12.1 Å². The van der Waals surface area contributed by atoms with Gasteiger partial charge in [-0.15, -0.1) is 0 Å². The van der Waals surface area contributed by atoms with Gasteiger partial charge in [0.15, 0.2) is 11.5 Å². The number of hydrogen-bond donors (Lipinski definition) is 1. The Morgan fingerprint density at radius 3 is 2.93 bits per heavy atom. The smallest absolute Gasteiger partial charge is 0.242 e. The number of carbonyl (C=O) groups excluding carboxylic acids is 2. The molecule has 10 heteroatoms. The number of nitrogens with one attached hydrogen (secondary N) is 1. The van der Waals surface area contributed by atoms with E-state index in [0.717, 1.165) is 5.56 Å². The van der Waals surface area contributed by atoms with E-state index in [1.807, 2.05) is 0 Å². The lowest BCUT2D eigenvalue weighted by Crippen LogP contribution is -2.53. The van der Waals surface area contributed by atoms with Gasteiger partial charge in [0.1, 0.15) is 17.7 Å². The number of benzene rings is 1. The highest BCUT2D eigenvalue weighted by Crippen LogP contribution is 2.18. The van der Waals surface area contributed by atoms with Crippen LogP contribution in [0.3, 0.4) is 0 Å². The molecule has 1 aromatic carbocycles. The average Bonchev–Trinajstić information content (AvgIpc) is 3.18. The number of anilines is 1. The van der Waals surface area contributed by atoms with Gasteiger partial charge < -0.3 is 19.7 Å². The summed E-state index contributed by atoms with van der Waals surface area (Å²) in [5.41, 5.74) is 1.90. The van der Waals surface area contributed by atoms with E-state index in [0.29, 0.717) is 36.6 Å². The molecule has 1 aliphatic rings. The van der Waals surface area contributed by atoms with E-state index >= 15 is 0 Å². The summed E-state index contributed by atoms with van der Waals surface area (Å²) in [5, 5.41) is 0. The van der Waals surface area contributed by atoms with Gasteiger partial charge in [0.25, 0.3) is 0 Å². The molecule has 3 heterocycles. The van der Waals surface area contributed by atoms with Gasteiger partial charge in [-0.3, -0.25) is 9.59 Å². The van der Waals surface area contributed by atoms with E-state index in [1.54, 1.807) is 29.0 Å². The number of halogens is 1. The van der Waals surface area contributed by atoms with Crippen LogP contribution in [0.4, 0.5) is 10.2 Å². The van der Waals surface area contributed by atoms with Crippen molar-refractivity contribution in [3.05, 3.63) is 48.3 Å². The number of likely N-dealkylation sites (N-methyl/N-ethyl adjacent to an activating group) is 1. The van der Waals surface area contributed by atoms with Crippen LogP contribution in [0.15, 0.2) is 36.9 Å². The molecule has 1 fully saturated rings. The number of imidazole rings is 1. The first-order chi connectivity index (χ1) is 14.0. The standard InChI is InChI=1S/C19H20FN7O2/c1-25(19-17-18(22-11-21-17)23-12-24-19)9-15(28)27-6-5-26(16(29)10-27)8-13-3-2-4-14(20)7-13/h2-4,7,11-12H,5-6,8-10H2,1H3,(H,21,22,23,24). The van der Waals surface area contributed by atoms with Crippen LogP contribution in [-0.2, 0) is 16.1 Å². The van der Waals surface area contributed by atoms with Crippen molar-refractivity contribution in [3.63, 3.8) is 0 Å². The average molecular weight is 397 g/mol. The highest BCUT2D eigenvalue weighted by molar-refractivity contribution is 5.90. The van der Waals surface area contributed by atoms with Crippen LogP contribution in [0.2, 0.25) is 0 Å². The Labute approximate surface area is 166 Å². The predicted molar refractivity (Wildman–Crippen MR) is 103 cm³/mol. The zero-order chi connectivity index (χ0) is 20.4. The Balaban J connectivity index is 1.37. The number of aromatic nitrogens is 4. The lowest BCUT2D eigenvalue weighted by atomic mass is 10.2. The second-order valence-corrected chi connectivity index (χ2v) is 6.91. The SMILES string of the molecule is CN(CC(=O)N1CCN(Cc2cccc(F)c2)C(=O)C1)c1ncnc2nc[nH]c12. The van der Waals surface area contributed by atoms with Crippen molar-refractivity contribution >= 4 is 28.8 Å². The lowest BCUT2D eigenvalue weighted by Gasteiger charge is -2.35. The quantitative estimate of drug-likeness (QED) is 0.684. The minimum Gasteiger partial charge on any atom is -0.348 e. The van der Waals surface area contributed by atoms with Crippen LogP contribution in [0.5, 0.6) is 0 Å². The molecule has 3 aromatic rings. The molecule has 1 saturated heterocycles. The molecule has 1 N–H and O–H groups in total. The van der Waals surface area contributed by atoms with Crippen molar-refractivity contribution in [2.75, 3.05) is 38.1 Å². The number of hydrogen-bond acceptors (Lipinski definition) is 6. The van der Waals surface area contributed by atoms with Gasteiger partial charge in [0.2, 0.25) is 11.8 Å². The first-order valence-electron chi connectivity index (χ1n) is 9.16. The third kappa shape index (κ3) is 4.00. The Morgan fingerprint density at radius 1 is 1.28 bits per heavy atom. The Bertz CT molecular complexity index is 1050. The number of amides is 2. The first-order valence-corrected chi connectivity index (χ1v) is 9.16. The number of rotatable bonds is 5. The fourth-order valence-electron chi connectivity index (χ4n) is 3.36. The van der Waals surface area contributed by atoms with Gasteiger partial charge in [-0.05, 0) is 17.7 Å². The molecular weight excluding hydrogens is 377 g/mol. The molecule has 150 valence electrons. The van der Waals surface area contributed by atoms with Gasteiger partial charge >= 0.3 is 0 Å². The van der Waals surface area contributed by atoms with Crippen molar-refractivity contribution in [2.24, 2.45) is 0 Å². The van der Waals surface area contributed by atoms with Crippen LogP contribution >= 0.6 is 0 Å². The summed E-state index contributed by atoms with van der Waals surface area (Å²) in [6, 6.07) is 6.18. The Morgan fingerprint density at radius 2 is 2.14 bits per heavy atom. The van der Waals surface area contributed by atoms with Crippen molar-refractivity contribution in [1.29, 1.82) is 0 Å². The number of H-pyrrole nitrogens is 1. The molecule has 0 spiro atoms. The van der Waals surface area contributed by atoms with E-state index < -0.39 is 0 Å².